The summed E-state index contributed by atoms with van der Waals surface area (Å²) >= 11 is 0. The second-order valence-electron chi connectivity index (χ2n) is 5.95. The molecule has 0 saturated carbocycles. The van der Waals surface area contributed by atoms with E-state index in [4.69, 9.17) is 5.73 Å². The summed E-state index contributed by atoms with van der Waals surface area (Å²) in [4.78, 5) is 14.0. The monoisotopic (exact) mass is 226 g/mol. The van der Waals surface area contributed by atoms with Crippen molar-refractivity contribution in [3.05, 3.63) is 0 Å². The molecule has 1 unspecified atom stereocenters. The van der Waals surface area contributed by atoms with Crippen molar-refractivity contribution in [3.63, 3.8) is 0 Å². The molecule has 3 nitrogen and oxygen atoms in total. The van der Waals surface area contributed by atoms with Gasteiger partial charge in [-0.15, -0.1) is 0 Å². The molecule has 1 fully saturated rings. The van der Waals surface area contributed by atoms with E-state index in [2.05, 4.69) is 20.8 Å². The number of carbonyl (C=O) groups is 1. The molecule has 0 aromatic heterocycles. The molecule has 94 valence electrons. The molecule has 0 aromatic rings. The zero-order chi connectivity index (χ0) is 12.2. The van der Waals surface area contributed by atoms with Crippen LogP contribution in [0.4, 0.5) is 0 Å². The van der Waals surface area contributed by atoms with Crippen molar-refractivity contribution < 1.29 is 4.79 Å². The van der Waals surface area contributed by atoms with Gasteiger partial charge >= 0.3 is 0 Å². The highest BCUT2D eigenvalue weighted by atomic mass is 16.2. The third kappa shape index (κ3) is 4.12. The summed E-state index contributed by atoms with van der Waals surface area (Å²) in [7, 11) is 0. The van der Waals surface area contributed by atoms with Crippen molar-refractivity contribution in [1.29, 1.82) is 0 Å². The molecule has 16 heavy (non-hydrogen) atoms. The molecule has 1 aliphatic heterocycles. The van der Waals surface area contributed by atoms with E-state index in [0.717, 1.165) is 38.9 Å². The molecule has 1 saturated heterocycles. The summed E-state index contributed by atoms with van der Waals surface area (Å²) in [6.45, 7) is 9.24. The third-order valence-corrected chi connectivity index (χ3v) is 3.54. The maximum atomic E-state index is 11.9. The van der Waals surface area contributed by atoms with E-state index < -0.39 is 0 Å². The van der Waals surface area contributed by atoms with Crippen LogP contribution in [-0.2, 0) is 4.79 Å². The Kier molecular flexibility index (Phi) is 4.78. The first-order valence-corrected chi connectivity index (χ1v) is 6.42. The number of rotatable bonds is 5. The predicted octanol–water partition coefficient (Wildman–Crippen LogP) is 2.01. The number of nitrogens with two attached hydrogens (primary N) is 1. The summed E-state index contributed by atoms with van der Waals surface area (Å²) in [6, 6.07) is 0. The number of hydrogen-bond donors (Lipinski definition) is 1. The molecule has 1 aliphatic rings. The van der Waals surface area contributed by atoms with Crippen LogP contribution in [0.3, 0.4) is 0 Å². The van der Waals surface area contributed by atoms with Crippen molar-refractivity contribution in [1.82, 2.24) is 4.90 Å². The number of likely N-dealkylation sites (tertiary alicyclic amines) is 1. The lowest BCUT2D eigenvalue weighted by molar-refractivity contribution is -0.130. The predicted molar refractivity (Wildman–Crippen MR) is 67.0 cm³/mol. The first-order valence-electron chi connectivity index (χ1n) is 6.42. The van der Waals surface area contributed by atoms with E-state index in [9.17, 15) is 4.79 Å². The minimum atomic E-state index is 0.318. The SMILES string of the molecule is CC(CCN)CCC(=O)N1CCC(C)(C)C1. The highest BCUT2D eigenvalue weighted by molar-refractivity contribution is 5.76. The summed E-state index contributed by atoms with van der Waals surface area (Å²) in [5.41, 5.74) is 5.82. The molecular weight excluding hydrogens is 200 g/mol. The normalized spacial score (nSPS) is 21.1. The lowest BCUT2D eigenvalue weighted by atomic mass is 9.93. The average Bonchev–Trinajstić information content (AvgIpc) is 2.56. The van der Waals surface area contributed by atoms with Crippen LogP contribution in [0.25, 0.3) is 0 Å². The Morgan fingerprint density at radius 2 is 2.12 bits per heavy atom. The van der Waals surface area contributed by atoms with E-state index in [0.29, 0.717) is 23.7 Å². The maximum Gasteiger partial charge on any atom is 0.222 e. The van der Waals surface area contributed by atoms with E-state index in [1.807, 2.05) is 4.90 Å². The van der Waals surface area contributed by atoms with Crippen molar-refractivity contribution in [2.24, 2.45) is 17.1 Å². The minimum absolute atomic E-state index is 0.318. The molecule has 0 aromatic carbocycles. The van der Waals surface area contributed by atoms with Gasteiger partial charge < -0.3 is 10.6 Å². The zero-order valence-corrected chi connectivity index (χ0v) is 11.0. The Morgan fingerprint density at radius 1 is 1.44 bits per heavy atom. The minimum Gasteiger partial charge on any atom is -0.342 e. The Morgan fingerprint density at radius 3 is 2.62 bits per heavy atom. The van der Waals surface area contributed by atoms with Crippen LogP contribution in [0.1, 0.15) is 46.5 Å². The lowest BCUT2D eigenvalue weighted by Crippen LogP contribution is -2.30. The molecule has 1 atom stereocenters. The van der Waals surface area contributed by atoms with Gasteiger partial charge in [0.25, 0.3) is 0 Å². The van der Waals surface area contributed by atoms with Gasteiger partial charge in [0, 0.05) is 19.5 Å². The van der Waals surface area contributed by atoms with Gasteiger partial charge in [-0.05, 0) is 37.1 Å². The Bertz CT molecular complexity index is 238. The zero-order valence-electron chi connectivity index (χ0n) is 11.0. The summed E-state index contributed by atoms with van der Waals surface area (Å²) < 4.78 is 0. The molecule has 2 N–H and O–H groups in total. The fourth-order valence-electron chi connectivity index (χ4n) is 2.28. The second kappa shape index (κ2) is 5.67. The van der Waals surface area contributed by atoms with Crippen LogP contribution in [0.5, 0.6) is 0 Å². The van der Waals surface area contributed by atoms with Gasteiger partial charge in [0.2, 0.25) is 5.91 Å². The first kappa shape index (κ1) is 13.5. The van der Waals surface area contributed by atoms with E-state index >= 15 is 0 Å². The van der Waals surface area contributed by atoms with Gasteiger partial charge in [-0.25, -0.2) is 0 Å². The van der Waals surface area contributed by atoms with Crippen LogP contribution < -0.4 is 5.73 Å². The van der Waals surface area contributed by atoms with Gasteiger partial charge in [0.05, 0.1) is 0 Å². The molecule has 0 spiro atoms. The van der Waals surface area contributed by atoms with Crippen LogP contribution in [0, 0.1) is 11.3 Å². The Balaban J connectivity index is 2.26. The van der Waals surface area contributed by atoms with E-state index in [-0.39, 0.29) is 0 Å². The van der Waals surface area contributed by atoms with Crippen LogP contribution in [0.2, 0.25) is 0 Å². The summed E-state index contributed by atoms with van der Waals surface area (Å²) in [5.74, 6) is 0.902. The Hall–Kier alpha value is -0.570. The quantitative estimate of drug-likeness (QED) is 0.779. The lowest BCUT2D eigenvalue weighted by Gasteiger charge is -2.20. The third-order valence-electron chi connectivity index (χ3n) is 3.54. The number of nitrogens with zero attached hydrogens (tertiary/aromatic N) is 1. The second-order valence-corrected chi connectivity index (χ2v) is 5.95. The van der Waals surface area contributed by atoms with Crippen molar-refractivity contribution in [2.75, 3.05) is 19.6 Å². The van der Waals surface area contributed by atoms with Crippen molar-refractivity contribution in [3.8, 4) is 0 Å². The molecule has 0 bridgehead atoms. The molecular formula is C13H26N2O. The number of hydrogen-bond acceptors (Lipinski definition) is 2. The maximum absolute atomic E-state index is 11.9. The molecule has 3 heteroatoms. The summed E-state index contributed by atoms with van der Waals surface area (Å²) in [6.07, 6.45) is 3.83. The van der Waals surface area contributed by atoms with Crippen LogP contribution in [0.15, 0.2) is 0 Å². The van der Waals surface area contributed by atoms with E-state index in [1.54, 1.807) is 0 Å². The van der Waals surface area contributed by atoms with Crippen molar-refractivity contribution >= 4 is 5.91 Å². The van der Waals surface area contributed by atoms with Gasteiger partial charge in [0.1, 0.15) is 0 Å². The van der Waals surface area contributed by atoms with Crippen molar-refractivity contribution in [2.45, 2.75) is 46.5 Å². The molecule has 1 amide bonds. The van der Waals surface area contributed by atoms with Gasteiger partial charge in [-0.1, -0.05) is 20.8 Å². The Labute approximate surface area is 99.4 Å². The molecule has 1 rings (SSSR count). The van der Waals surface area contributed by atoms with Crippen LogP contribution in [-0.4, -0.2) is 30.4 Å². The standard InChI is InChI=1S/C13H26N2O/c1-11(6-8-14)4-5-12(16)15-9-7-13(2,3)10-15/h11H,4-10,14H2,1-3H3. The summed E-state index contributed by atoms with van der Waals surface area (Å²) in [5, 5.41) is 0. The van der Waals surface area contributed by atoms with Gasteiger partial charge in [-0.2, -0.15) is 0 Å². The molecule has 0 aliphatic carbocycles. The highest BCUT2D eigenvalue weighted by Gasteiger charge is 2.31. The first-order chi connectivity index (χ1) is 7.44. The van der Waals surface area contributed by atoms with Gasteiger partial charge in [0.15, 0.2) is 0 Å². The van der Waals surface area contributed by atoms with Crippen LogP contribution >= 0.6 is 0 Å². The fraction of sp³-hybridized carbons (Fsp3) is 0.923. The topological polar surface area (TPSA) is 46.3 Å². The average molecular weight is 226 g/mol. The molecule has 1 heterocycles. The number of amides is 1. The van der Waals surface area contributed by atoms with E-state index in [1.165, 1.54) is 0 Å². The smallest absolute Gasteiger partial charge is 0.222 e. The largest absolute Gasteiger partial charge is 0.342 e. The fourth-order valence-corrected chi connectivity index (χ4v) is 2.28. The van der Waals surface area contributed by atoms with Gasteiger partial charge in [-0.3, -0.25) is 4.79 Å². The highest BCUT2D eigenvalue weighted by Crippen LogP contribution is 2.29. The number of carbonyl (C=O) groups excluding carboxylic acids is 1. The molecule has 0 radical (unpaired) electrons.